The highest BCUT2D eigenvalue weighted by Crippen LogP contribution is 2.36. The van der Waals surface area contributed by atoms with Crippen LogP contribution in [0.15, 0.2) is 59.1 Å². The molecule has 0 bridgehead atoms. The third kappa shape index (κ3) is 4.87. The van der Waals surface area contributed by atoms with E-state index in [2.05, 4.69) is 15.9 Å². The van der Waals surface area contributed by atoms with Crippen LogP contribution >= 0.6 is 15.9 Å². The second-order valence-electron chi connectivity index (χ2n) is 6.40. The second-order valence-corrected chi connectivity index (χ2v) is 7.31. The maximum atomic E-state index is 12.5. The van der Waals surface area contributed by atoms with Gasteiger partial charge in [-0.1, -0.05) is 58.4 Å². The van der Waals surface area contributed by atoms with Crippen LogP contribution in [-0.4, -0.2) is 41.8 Å². The van der Waals surface area contributed by atoms with Gasteiger partial charge in [0.15, 0.2) is 0 Å². The van der Waals surface area contributed by atoms with Crippen molar-refractivity contribution in [1.82, 2.24) is 4.90 Å². The third-order valence-electron chi connectivity index (χ3n) is 4.54. The molecule has 0 aliphatic carbocycles. The van der Waals surface area contributed by atoms with E-state index in [9.17, 15) is 9.59 Å². The number of likely N-dealkylation sites (tertiary alicyclic amines) is 1. The molecule has 1 aliphatic heterocycles. The molecule has 142 valence electrons. The second kappa shape index (κ2) is 8.54. The molecule has 2 aromatic carbocycles. The van der Waals surface area contributed by atoms with E-state index in [1.54, 1.807) is 4.90 Å². The van der Waals surface area contributed by atoms with E-state index < -0.39 is 24.3 Å². The minimum Gasteiger partial charge on any atom is -0.480 e. The minimum atomic E-state index is -1.04. The summed E-state index contributed by atoms with van der Waals surface area (Å²) in [4.78, 5) is 25.0. The maximum Gasteiger partial charge on any atom is 0.410 e. The maximum absolute atomic E-state index is 12.5. The van der Waals surface area contributed by atoms with E-state index in [1.807, 2.05) is 54.6 Å². The van der Waals surface area contributed by atoms with Crippen molar-refractivity contribution in [2.75, 3.05) is 19.7 Å². The molecule has 0 aromatic heterocycles. The number of carboxylic acid groups (broad SMARTS) is 1. The SMILES string of the molecule is O=C(O)COC1(c2ccc(Br)cc2)CCN(C(=O)OCc2ccccc2)C1. The first-order chi connectivity index (χ1) is 13.0. The van der Waals surface area contributed by atoms with Crippen molar-refractivity contribution in [1.29, 1.82) is 0 Å². The van der Waals surface area contributed by atoms with E-state index in [0.717, 1.165) is 15.6 Å². The summed E-state index contributed by atoms with van der Waals surface area (Å²) >= 11 is 3.39. The Morgan fingerprint density at radius 2 is 1.81 bits per heavy atom. The van der Waals surface area contributed by atoms with Gasteiger partial charge in [-0.25, -0.2) is 9.59 Å². The number of carbonyl (C=O) groups excluding carboxylic acids is 1. The standard InChI is InChI=1S/C20H20BrNO5/c21-17-8-6-16(7-9-17)20(27-13-18(23)24)10-11-22(14-20)19(25)26-12-15-4-2-1-3-5-15/h1-9H,10-14H2,(H,23,24). The van der Waals surface area contributed by atoms with Crippen LogP contribution in [0.4, 0.5) is 4.79 Å². The van der Waals surface area contributed by atoms with Crippen LogP contribution in [0.1, 0.15) is 17.5 Å². The van der Waals surface area contributed by atoms with Gasteiger partial charge in [0.25, 0.3) is 0 Å². The van der Waals surface area contributed by atoms with Gasteiger partial charge in [-0.3, -0.25) is 0 Å². The summed E-state index contributed by atoms with van der Waals surface area (Å²) in [5.41, 5.74) is 0.891. The topological polar surface area (TPSA) is 76.1 Å². The predicted octanol–water partition coefficient (Wildman–Crippen LogP) is 3.79. The van der Waals surface area contributed by atoms with E-state index in [4.69, 9.17) is 14.6 Å². The Bertz CT molecular complexity index is 796. The molecule has 1 atom stereocenters. The Labute approximate surface area is 165 Å². The largest absolute Gasteiger partial charge is 0.480 e. The van der Waals surface area contributed by atoms with E-state index in [1.165, 1.54) is 0 Å². The molecule has 7 heteroatoms. The molecule has 3 rings (SSSR count). The fourth-order valence-corrected chi connectivity index (χ4v) is 3.40. The average molecular weight is 434 g/mol. The zero-order valence-electron chi connectivity index (χ0n) is 14.6. The fraction of sp³-hybridized carbons (Fsp3) is 0.300. The van der Waals surface area contributed by atoms with Crippen molar-refractivity contribution < 1.29 is 24.2 Å². The molecule has 1 amide bonds. The zero-order valence-corrected chi connectivity index (χ0v) is 16.2. The highest BCUT2D eigenvalue weighted by molar-refractivity contribution is 9.10. The van der Waals surface area contributed by atoms with E-state index in [0.29, 0.717) is 13.0 Å². The first kappa shape index (κ1) is 19.4. The number of nitrogens with zero attached hydrogens (tertiary/aromatic N) is 1. The molecular weight excluding hydrogens is 414 g/mol. The van der Waals surface area contributed by atoms with Crippen molar-refractivity contribution >= 4 is 28.0 Å². The lowest BCUT2D eigenvalue weighted by Gasteiger charge is -2.29. The number of ether oxygens (including phenoxy) is 2. The van der Waals surface area contributed by atoms with Crippen molar-refractivity contribution in [2.45, 2.75) is 18.6 Å². The molecule has 0 saturated carbocycles. The highest BCUT2D eigenvalue weighted by atomic mass is 79.9. The lowest BCUT2D eigenvalue weighted by atomic mass is 9.92. The van der Waals surface area contributed by atoms with Gasteiger partial charge in [0.05, 0.1) is 6.54 Å². The predicted molar refractivity (Wildman–Crippen MR) is 102 cm³/mol. The molecule has 1 aliphatic rings. The number of benzene rings is 2. The van der Waals surface area contributed by atoms with Gasteiger partial charge in [-0.05, 0) is 23.3 Å². The molecule has 2 aromatic rings. The van der Waals surface area contributed by atoms with E-state index in [-0.39, 0.29) is 13.2 Å². The number of hydrogen-bond donors (Lipinski definition) is 1. The van der Waals surface area contributed by atoms with Gasteiger partial charge in [0, 0.05) is 17.4 Å². The summed E-state index contributed by atoms with van der Waals surface area (Å²) in [5, 5.41) is 9.03. The zero-order chi connectivity index (χ0) is 19.3. The number of hydrogen-bond acceptors (Lipinski definition) is 4. The Kier molecular flexibility index (Phi) is 6.13. The van der Waals surface area contributed by atoms with Crippen LogP contribution in [0.3, 0.4) is 0 Å². The number of aliphatic carboxylic acids is 1. The third-order valence-corrected chi connectivity index (χ3v) is 5.07. The highest BCUT2D eigenvalue weighted by Gasteiger charge is 2.43. The van der Waals surface area contributed by atoms with Gasteiger partial charge >= 0.3 is 12.1 Å². The fourth-order valence-electron chi connectivity index (χ4n) is 3.14. The summed E-state index contributed by atoms with van der Waals surface area (Å²) < 4.78 is 12.1. The Balaban J connectivity index is 1.70. The molecule has 1 N–H and O–H groups in total. The number of halogens is 1. The van der Waals surface area contributed by atoms with Crippen LogP contribution < -0.4 is 0 Å². The molecule has 1 unspecified atom stereocenters. The summed E-state index contributed by atoms with van der Waals surface area (Å²) in [6.07, 6.45) is 0.0688. The van der Waals surface area contributed by atoms with Gasteiger partial charge in [-0.15, -0.1) is 0 Å². The van der Waals surface area contributed by atoms with Crippen LogP contribution in [0, 0.1) is 0 Å². The quantitative estimate of drug-likeness (QED) is 0.749. The Morgan fingerprint density at radius 1 is 1.11 bits per heavy atom. The van der Waals surface area contributed by atoms with Gasteiger partial charge in [-0.2, -0.15) is 0 Å². The van der Waals surface area contributed by atoms with Crippen LogP contribution in [0.5, 0.6) is 0 Å². The summed E-state index contributed by atoms with van der Waals surface area (Å²) in [7, 11) is 0. The van der Waals surface area contributed by atoms with Crippen LogP contribution in [0.2, 0.25) is 0 Å². The molecule has 27 heavy (non-hydrogen) atoms. The number of rotatable bonds is 6. The van der Waals surface area contributed by atoms with Gasteiger partial charge in [0.1, 0.15) is 18.8 Å². The lowest BCUT2D eigenvalue weighted by molar-refractivity contribution is -0.149. The van der Waals surface area contributed by atoms with Crippen molar-refractivity contribution in [3.05, 3.63) is 70.2 Å². The molecule has 0 radical (unpaired) electrons. The molecule has 1 fully saturated rings. The molecule has 1 heterocycles. The summed E-state index contributed by atoms with van der Waals surface area (Å²) in [5.74, 6) is -1.04. The summed E-state index contributed by atoms with van der Waals surface area (Å²) in [6.45, 7) is 0.444. The van der Waals surface area contributed by atoms with E-state index >= 15 is 0 Å². The smallest absolute Gasteiger partial charge is 0.410 e. The van der Waals surface area contributed by atoms with Gasteiger partial charge < -0.3 is 19.5 Å². The summed E-state index contributed by atoms with van der Waals surface area (Å²) in [6, 6.07) is 17.0. The van der Waals surface area contributed by atoms with Crippen molar-refractivity contribution in [3.63, 3.8) is 0 Å². The van der Waals surface area contributed by atoms with Crippen LogP contribution in [0.25, 0.3) is 0 Å². The first-order valence-electron chi connectivity index (χ1n) is 8.56. The molecule has 1 saturated heterocycles. The average Bonchev–Trinajstić information content (AvgIpc) is 3.12. The Morgan fingerprint density at radius 3 is 2.48 bits per heavy atom. The molecule has 6 nitrogen and oxygen atoms in total. The number of carbonyl (C=O) groups is 2. The molecular formula is C20H20BrNO5. The number of amides is 1. The van der Waals surface area contributed by atoms with Crippen LogP contribution in [-0.2, 0) is 26.5 Å². The monoisotopic (exact) mass is 433 g/mol. The molecule has 0 spiro atoms. The normalized spacial score (nSPS) is 19.1. The van der Waals surface area contributed by atoms with Crippen molar-refractivity contribution in [2.24, 2.45) is 0 Å². The minimum absolute atomic E-state index is 0.192. The number of carboxylic acids is 1. The Hall–Kier alpha value is -2.38. The lowest BCUT2D eigenvalue weighted by Crippen LogP contribution is -2.37. The van der Waals surface area contributed by atoms with Crippen molar-refractivity contribution in [3.8, 4) is 0 Å². The first-order valence-corrected chi connectivity index (χ1v) is 9.35. The van der Waals surface area contributed by atoms with Gasteiger partial charge in [0.2, 0.25) is 0 Å².